The monoisotopic (exact) mass is 207 g/mol. The van der Waals surface area contributed by atoms with Crippen molar-refractivity contribution >= 4 is 17.4 Å². The second kappa shape index (κ2) is 3.17. The number of aliphatic hydroxyl groups is 1. The Kier molecular flexibility index (Phi) is 1.96. The van der Waals surface area contributed by atoms with Crippen LogP contribution in [0.5, 0.6) is 0 Å². The van der Waals surface area contributed by atoms with Crippen LogP contribution in [0.4, 0.5) is 5.69 Å². The highest BCUT2D eigenvalue weighted by Gasteiger charge is 2.36. The Bertz CT molecular complexity index is 355. The van der Waals surface area contributed by atoms with Gasteiger partial charge in [0, 0.05) is 17.2 Å². The quantitative estimate of drug-likeness (QED) is 0.701. The molecule has 0 saturated carbocycles. The number of hydrogen-bond acceptors (Lipinski definition) is 3. The summed E-state index contributed by atoms with van der Waals surface area (Å²) in [7, 11) is 0. The second-order valence-corrected chi connectivity index (χ2v) is 4.96. The third-order valence-corrected chi connectivity index (χ3v) is 4.26. The minimum Gasteiger partial charge on any atom is -0.391 e. The van der Waals surface area contributed by atoms with Crippen molar-refractivity contribution in [1.29, 1.82) is 0 Å². The van der Waals surface area contributed by atoms with E-state index in [1.54, 1.807) is 0 Å². The third-order valence-electron chi connectivity index (χ3n) is 3.09. The van der Waals surface area contributed by atoms with Gasteiger partial charge in [0.1, 0.15) is 0 Å². The Morgan fingerprint density at radius 3 is 3.14 bits per heavy atom. The van der Waals surface area contributed by atoms with Crippen LogP contribution >= 0.6 is 11.8 Å². The summed E-state index contributed by atoms with van der Waals surface area (Å²) in [4.78, 5) is 3.72. The number of thioether (sulfide) groups is 1. The van der Waals surface area contributed by atoms with Gasteiger partial charge in [-0.05, 0) is 18.6 Å². The molecule has 0 spiro atoms. The van der Waals surface area contributed by atoms with Crippen molar-refractivity contribution in [2.75, 3.05) is 17.2 Å². The molecular weight excluding hydrogens is 194 g/mol. The van der Waals surface area contributed by atoms with Crippen molar-refractivity contribution in [2.24, 2.45) is 0 Å². The first-order chi connectivity index (χ1) is 6.86. The molecule has 14 heavy (non-hydrogen) atoms. The van der Waals surface area contributed by atoms with E-state index in [-0.39, 0.29) is 6.10 Å². The van der Waals surface area contributed by atoms with Gasteiger partial charge in [-0.2, -0.15) is 0 Å². The summed E-state index contributed by atoms with van der Waals surface area (Å²) in [5.74, 6) is 1.03. The number of anilines is 1. The number of rotatable bonds is 0. The molecule has 1 aromatic rings. The summed E-state index contributed by atoms with van der Waals surface area (Å²) in [5.41, 5.74) is 1.31. The fraction of sp³-hybridized carbons (Fsp3) is 0.455. The van der Waals surface area contributed by atoms with Crippen LogP contribution in [0, 0.1) is 0 Å². The largest absolute Gasteiger partial charge is 0.391 e. The lowest BCUT2D eigenvalue weighted by Crippen LogP contribution is -2.39. The minimum atomic E-state index is -0.129. The van der Waals surface area contributed by atoms with Gasteiger partial charge in [0.2, 0.25) is 0 Å². The van der Waals surface area contributed by atoms with E-state index in [0.29, 0.717) is 6.04 Å². The van der Waals surface area contributed by atoms with Gasteiger partial charge in [-0.25, -0.2) is 0 Å². The molecule has 2 aliphatic heterocycles. The van der Waals surface area contributed by atoms with Gasteiger partial charge in [0.15, 0.2) is 0 Å². The molecule has 0 radical (unpaired) electrons. The van der Waals surface area contributed by atoms with Crippen LogP contribution in [-0.4, -0.2) is 29.5 Å². The molecule has 2 nitrogen and oxygen atoms in total. The Labute approximate surface area is 87.9 Å². The van der Waals surface area contributed by atoms with Crippen molar-refractivity contribution in [1.82, 2.24) is 0 Å². The molecule has 74 valence electrons. The standard InChI is InChI=1S/C11H13NOS/c13-10-5-6-12-8-3-1-2-4-11(8)14-7-9(10)12/h1-4,9-10,13H,5-7H2. The molecule has 1 N–H and O–H groups in total. The Morgan fingerprint density at radius 2 is 2.21 bits per heavy atom. The van der Waals surface area contributed by atoms with Crippen LogP contribution in [0.1, 0.15) is 6.42 Å². The van der Waals surface area contributed by atoms with Gasteiger partial charge in [0.25, 0.3) is 0 Å². The Hall–Kier alpha value is -0.670. The number of fused-ring (bicyclic) bond motifs is 3. The number of aliphatic hydroxyl groups excluding tert-OH is 1. The summed E-state index contributed by atoms with van der Waals surface area (Å²) in [5, 5.41) is 9.79. The first-order valence-electron chi connectivity index (χ1n) is 5.03. The molecule has 0 aromatic heterocycles. The molecule has 2 atom stereocenters. The molecule has 3 rings (SSSR count). The van der Waals surface area contributed by atoms with Gasteiger partial charge >= 0.3 is 0 Å². The van der Waals surface area contributed by atoms with Crippen LogP contribution in [0.2, 0.25) is 0 Å². The Morgan fingerprint density at radius 1 is 1.36 bits per heavy atom. The van der Waals surface area contributed by atoms with Crippen LogP contribution in [-0.2, 0) is 0 Å². The average molecular weight is 207 g/mol. The van der Waals surface area contributed by atoms with Crippen molar-refractivity contribution in [3.63, 3.8) is 0 Å². The van der Waals surface area contributed by atoms with E-state index in [0.717, 1.165) is 18.7 Å². The highest BCUT2D eigenvalue weighted by Crippen LogP contribution is 2.40. The van der Waals surface area contributed by atoms with Gasteiger partial charge in [0.05, 0.1) is 17.8 Å². The smallest absolute Gasteiger partial charge is 0.0768 e. The molecule has 0 amide bonds. The zero-order valence-electron chi connectivity index (χ0n) is 7.89. The van der Waals surface area contributed by atoms with E-state index in [1.807, 2.05) is 11.8 Å². The normalized spacial score (nSPS) is 29.9. The summed E-state index contributed by atoms with van der Waals surface area (Å²) in [6.45, 7) is 1.00. The van der Waals surface area contributed by atoms with Crippen LogP contribution in [0.3, 0.4) is 0 Å². The average Bonchev–Trinajstić information content (AvgIpc) is 2.61. The van der Waals surface area contributed by atoms with Gasteiger partial charge < -0.3 is 10.0 Å². The van der Waals surface area contributed by atoms with Crippen molar-refractivity contribution < 1.29 is 5.11 Å². The second-order valence-electron chi connectivity index (χ2n) is 3.90. The topological polar surface area (TPSA) is 23.5 Å². The maximum Gasteiger partial charge on any atom is 0.0768 e. The minimum absolute atomic E-state index is 0.129. The van der Waals surface area contributed by atoms with E-state index >= 15 is 0 Å². The Balaban J connectivity index is 2.03. The maximum atomic E-state index is 9.79. The van der Waals surface area contributed by atoms with E-state index < -0.39 is 0 Å². The van der Waals surface area contributed by atoms with E-state index in [9.17, 15) is 5.11 Å². The highest BCUT2D eigenvalue weighted by atomic mass is 32.2. The third kappa shape index (κ3) is 1.16. The fourth-order valence-electron chi connectivity index (χ4n) is 2.33. The molecule has 1 saturated heterocycles. The number of hydrogen-bond donors (Lipinski definition) is 1. The predicted octanol–water partition coefficient (Wildman–Crippen LogP) is 1.73. The molecule has 0 aliphatic carbocycles. The summed E-state index contributed by atoms with van der Waals surface area (Å²) in [6, 6.07) is 8.83. The van der Waals surface area contributed by atoms with Crippen LogP contribution in [0.25, 0.3) is 0 Å². The molecular formula is C11H13NOS. The van der Waals surface area contributed by atoms with Gasteiger partial charge in [-0.15, -0.1) is 11.8 Å². The lowest BCUT2D eigenvalue weighted by atomic mass is 10.2. The maximum absolute atomic E-state index is 9.79. The van der Waals surface area contributed by atoms with Crippen molar-refractivity contribution in [2.45, 2.75) is 23.5 Å². The van der Waals surface area contributed by atoms with Gasteiger partial charge in [-0.1, -0.05) is 12.1 Å². The molecule has 3 heteroatoms. The first-order valence-corrected chi connectivity index (χ1v) is 6.01. The van der Waals surface area contributed by atoms with Crippen LogP contribution in [0.15, 0.2) is 29.2 Å². The van der Waals surface area contributed by atoms with Crippen molar-refractivity contribution in [3.8, 4) is 0 Å². The first kappa shape index (κ1) is 8.62. The molecule has 2 aliphatic rings. The summed E-state index contributed by atoms with van der Waals surface area (Å²) >= 11 is 1.87. The molecule has 1 fully saturated rings. The summed E-state index contributed by atoms with van der Waals surface area (Å²) < 4.78 is 0. The molecule has 2 heterocycles. The van der Waals surface area contributed by atoms with E-state index in [4.69, 9.17) is 0 Å². The molecule has 2 unspecified atom stereocenters. The lowest BCUT2D eigenvalue weighted by Gasteiger charge is -2.33. The lowest BCUT2D eigenvalue weighted by molar-refractivity contribution is 0.171. The van der Waals surface area contributed by atoms with E-state index in [1.165, 1.54) is 10.6 Å². The fourth-order valence-corrected chi connectivity index (χ4v) is 3.59. The zero-order chi connectivity index (χ0) is 9.54. The van der Waals surface area contributed by atoms with E-state index in [2.05, 4.69) is 29.2 Å². The number of benzene rings is 1. The summed E-state index contributed by atoms with van der Waals surface area (Å²) in [6.07, 6.45) is 0.787. The number of nitrogens with zero attached hydrogens (tertiary/aromatic N) is 1. The molecule has 1 aromatic carbocycles. The zero-order valence-corrected chi connectivity index (χ0v) is 8.70. The number of para-hydroxylation sites is 1. The highest BCUT2D eigenvalue weighted by molar-refractivity contribution is 7.99. The van der Waals surface area contributed by atoms with Crippen LogP contribution < -0.4 is 4.90 Å². The SMILES string of the molecule is OC1CCN2c3ccccc3SCC12. The van der Waals surface area contributed by atoms with Crippen molar-refractivity contribution in [3.05, 3.63) is 24.3 Å². The van der Waals surface area contributed by atoms with Gasteiger partial charge in [-0.3, -0.25) is 0 Å². The molecule has 0 bridgehead atoms. The predicted molar refractivity (Wildman–Crippen MR) is 58.9 cm³/mol.